The summed E-state index contributed by atoms with van der Waals surface area (Å²) in [6.07, 6.45) is 3.31. The zero-order valence-corrected chi connectivity index (χ0v) is 17.8. The Balaban J connectivity index is 1.66. The molecule has 5 rings (SSSR count). The molecule has 1 saturated carbocycles. The highest BCUT2D eigenvalue weighted by Crippen LogP contribution is 2.47. The van der Waals surface area contributed by atoms with Crippen LogP contribution in [0.5, 0.6) is 0 Å². The molecule has 2 N–H and O–H groups in total. The van der Waals surface area contributed by atoms with Gasteiger partial charge in [-0.3, -0.25) is 14.3 Å². The monoisotopic (exact) mass is 423 g/mol. The Morgan fingerprint density at radius 3 is 2.66 bits per heavy atom. The van der Waals surface area contributed by atoms with Crippen molar-refractivity contribution in [2.45, 2.75) is 31.7 Å². The molecule has 4 heterocycles. The second kappa shape index (κ2) is 7.17. The van der Waals surface area contributed by atoms with Crippen molar-refractivity contribution in [1.82, 2.24) is 29.5 Å². The number of nitrogens with zero attached hydrogens (tertiary/aromatic N) is 8. The van der Waals surface area contributed by atoms with Crippen molar-refractivity contribution >= 4 is 16.7 Å². The minimum Gasteiger partial charge on any atom is -0.384 e. The molecule has 0 amide bonds. The highest BCUT2D eigenvalue weighted by molar-refractivity contribution is 5.93. The van der Waals surface area contributed by atoms with E-state index in [2.05, 4.69) is 22.2 Å². The van der Waals surface area contributed by atoms with Crippen LogP contribution in [0.1, 0.15) is 25.0 Å². The Labute approximate surface area is 184 Å². The number of aryl methyl sites for hydroxylation is 2. The number of hydrogen-bond acceptors (Lipinski definition) is 7. The maximum atomic E-state index is 9.42. The van der Waals surface area contributed by atoms with Gasteiger partial charge in [0, 0.05) is 30.4 Å². The van der Waals surface area contributed by atoms with Gasteiger partial charge in [0.25, 0.3) is 0 Å². The maximum Gasteiger partial charge on any atom is 0.122 e. The van der Waals surface area contributed by atoms with Crippen LogP contribution in [0.4, 0.5) is 5.82 Å². The van der Waals surface area contributed by atoms with E-state index in [1.807, 2.05) is 35.9 Å². The number of aromatic nitrogens is 6. The number of nitrogens with two attached hydrogens (primary N) is 1. The fraction of sp³-hybridized carbons (Fsp3) is 0.304. The molecule has 0 radical (unpaired) electrons. The lowest BCUT2D eigenvalue weighted by Crippen LogP contribution is -2.46. The van der Waals surface area contributed by atoms with Gasteiger partial charge in [-0.1, -0.05) is 0 Å². The summed E-state index contributed by atoms with van der Waals surface area (Å²) in [5.74, 6) is 0.497. The molecule has 0 atom stereocenters. The van der Waals surface area contributed by atoms with Gasteiger partial charge in [-0.15, -0.1) is 0 Å². The number of pyridine rings is 2. The molecule has 9 nitrogen and oxygen atoms in total. The summed E-state index contributed by atoms with van der Waals surface area (Å²) in [4.78, 5) is 9.41. The first-order chi connectivity index (χ1) is 15.4. The molecule has 1 fully saturated rings. The van der Waals surface area contributed by atoms with E-state index in [1.54, 1.807) is 24.0 Å². The van der Waals surface area contributed by atoms with E-state index in [0.29, 0.717) is 47.9 Å². The standard InChI is InChI=1S/C23H21N9/c1-14-8-20(30-32(14)23(5-6-24)11-15(12-23)13-25)22-16-4-3-7-27-17(16)9-18(28-22)19-10-21(26)31(2)29-19/h3-4,7-10,15H,5,11-12,26H2,1-2H3/t15-,23-. The van der Waals surface area contributed by atoms with Crippen LogP contribution >= 0.6 is 0 Å². The SMILES string of the molecule is Cc1cc(-c2nc(-c3cc(N)n(C)n3)cc3ncccc23)nn1[C@]1(CC#N)C[C@@H](C#N)C1. The Morgan fingerprint density at radius 1 is 1.16 bits per heavy atom. The van der Waals surface area contributed by atoms with Crippen molar-refractivity contribution in [3.05, 3.63) is 42.2 Å². The second-order valence-corrected chi connectivity index (χ2v) is 8.38. The first-order valence-corrected chi connectivity index (χ1v) is 10.3. The number of nitriles is 2. The van der Waals surface area contributed by atoms with Crippen molar-refractivity contribution < 1.29 is 0 Å². The molecule has 0 bridgehead atoms. The van der Waals surface area contributed by atoms with Gasteiger partial charge in [0.2, 0.25) is 0 Å². The van der Waals surface area contributed by atoms with E-state index < -0.39 is 5.54 Å². The molecule has 1 aliphatic rings. The second-order valence-electron chi connectivity index (χ2n) is 8.38. The predicted molar refractivity (Wildman–Crippen MR) is 119 cm³/mol. The van der Waals surface area contributed by atoms with Crippen molar-refractivity contribution in [3.63, 3.8) is 0 Å². The van der Waals surface area contributed by atoms with E-state index in [4.69, 9.17) is 15.8 Å². The van der Waals surface area contributed by atoms with E-state index in [0.717, 1.165) is 16.6 Å². The summed E-state index contributed by atoms with van der Waals surface area (Å²) in [6.45, 7) is 1.97. The van der Waals surface area contributed by atoms with Gasteiger partial charge in [-0.25, -0.2) is 4.98 Å². The Morgan fingerprint density at radius 2 is 1.97 bits per heavy atom. The predicted octanol–water partition coefficient (Wildman–Crippen LogP) is 3.33. The molecule has 0 saturated heterocycles. The van der Waals surface area contributed by atoms with Gasteiger partial charge < -0.3 is 5.73 Å². The Kier molecular flexibility index (Phi) is 4.42. The molecular weight excluding hydrogens is 402 g/mol. The van der Waals surface area contributed by atoms with Crippen LogP contribution in [-0.2, 0) is 12.6 Å². The van der Waals surface area contributed by atoms with Crippen molar-refractivity contribution in [2.75, 3.05) is 5.73 Å². The lowest BCUT2D eigenvalue weighted by molar-refractivity contribution is 0.0859. The minimum absolute atomic E-state index is 0.0449. The van der Waals surface area contributed by atoms with Gasteiger partial charge in [0.1, 0.15) is 22.9 Å². The van der Waals surface area contributed by atoms with Crippen LogP contribution < -0.4 is 5.73 Å². The fourth-order valence-corrected chi connectivity index (χ4v) is 4.57. The highest BCUT2D eigenvalue weighted by Gasteiger charge is 2.47. The van der Waals surface area contributed by atoms with Crippen LogP contribution in [0, 0.1) is 35.5 Å². The van der Waals surface area contributed by atoms with E-state index in [1.165, 1.54) is 0 Å². The van der Waals surface area contributed by atoms with Crippen molar-refractivity contribution in [3.8, 4) is 34.9 Å². The normalized spacial score (nSPS) is 19.9. The zero-order chi connectivity index (χ0) is 22.5. The average Bonchev–Trinajstić information content (AvgIpc) is 3.32. The number of nitrogen functional groups attached to an aromatic ring is 1. The number of anilines is 1. The van der Waals surface area contributed by atoms with Gasteiger partial charge in [0.05, 0.1) is 41.2 Å². The molecule has 0 unspecified atom stereocenters. The van der Waals surface area contributed by atoms with Gasteiger partial charge in [-0.05, 0) is 44.0 Å². The first kappa shape index (κ1) is 19.7. The van der Waals surface area contributed by atoms with E-state index >= 15 is 0 Å². The molecule has 4 aromatic heterocycles. The maximum absolute atomic E-state index is 9.42. The quantitative estimate of drug-likeness (QED) is 0.532. The summed E-state index contributed by atoms with van der Waals surface area (Å²) in [6, 6.07) is 14.1. The van der Waals surface area contributed by atoms with Gasteiger partial charge in [0.15, 0.2) is 0 Å². The molecule has 158 valence electrons. The van der Waals surface area contributed by atoms with E-state index in [-0.39, 0.29) is 5.92 Å². The fourth-order valence-electron chi connectivity index (χ4n) is 4.57. The Bertz CT molecular complexity index is 1400. The van der Waals surface area contributed by atoms with Crippen LogP contribution in [0.25, 0.3) is 33.7 Å². The molecule has 4 aromatic rings. The third-order valence-corrected chi connectivity index (χ3v) is 6.20. The molecule has 0 aromatic carbocycles. The van der Waals surface area contributed by atoms with Crippen LogP contribution in [0.3, 0.4) is 0 Å². The third kappa shape index (κ3) is 2.98. The Hall–Kier alpha value is -4.24. The summed E-state index contributed by atoms with van der Waals surface area (Å²) < 4.78 is 3.51. The van der Waals surface area contributed by atoms with E-state index in [9.17, 15) is 10.5 Å². The smallest absolute Gasteiger partial charge is 0.122 e. The summed E-state index contributed by atoms with van der Waals surface area (Å²) in [5.41, 5.74) is 9.95. The summed E-state index contributed by atoms with van der Waals surface area (Å²) in [7, 11) is 1.78. The van der Waals surface area contributed by atoms with Gasteiger partial charge >= 0.3 is 0 Å². The highest BCUT2D eigenvalue weighted by atomic mass is 15.3. The molecular formula is C23H21N9. The summed E-state index contributed by atoms with van der Waals surface area (Å²) in [5, 5.41) is 28.9. The van der Waals surface area contributed by atoms with Crippen molar-refractivity contribution in [2.24, 2.45) is 13.0 Å². The average molecular weight is 423 g/mol. The number of rotatable bonds is 4. The van der Waals surface area contributed by atoms with Crippen molar-refractivity contribution in [1.29, 1.82) is 10.5 Å². The molecule has 0 spiro atoms. The van der Waals surface area contributed by atoms with Crippen LogP contribution in [0.2, 0.25) is 0 Å². The lowest BCUT2D eigenvalue weighted by atomic mass is 9.67. The first-order valence-electron chi connectivity index (χ1n) is 10.3. The number of hydrogen-bond donors (Lipinski definition) is 1. The molecule has 9 heteroatoms. The van der Waals surface area contributed by atoms with Crippen LogP contribution in [-0.4, -0.2) is 29.5 Å². The third-order valence-electron chi connectivity index (χ3n) is 6.20. The largest absolute Gasteiger partial charge is 0.384 e. The minimum atomic E-state index is -0.446. The zero-order valence-electron chi connectivity index (χ0n) is 17.8. The summed E-state index contributed by atoms with van der Waals surface area (Å²) >= 11 is 0. The van der Waals surface area contributed by atoms with Crippen LogP contribution in [0.15, 0.2) is 36.5 Å². The topological polar surface area (TPSA) is 135 Å². The molecule has 0 aliphatic heterocycles. The molecule has 1 aliphatic carbocycles. The number of fused-ring (bicyclic) bond motifs is 1. The van der Waals surface area contributed by atoms with Gasteiger partial charge in [-0.2, -0.15) is 20.7 Å². The molecule has 32 heavy (non-hydrogen) atoms. The lowest BCUT2D eigenvalue weighted by Gasteiger charge is -2.44.